The summed E-state index contributed by atoms with van der Waals surface area (Å²) >= 11 is 0. The highest BCUT2D eigenvalue weighted by atomic mass is 16.5. The molecule has 17 heavy (non-hydrogen) atoms. The number of rotatable bonds is 3. The standard InChI is InChI=1S/C13H15N3O/c1-9-8-15-10(2)13(16-9)17-12-5-3-4-11(6-12)7-14/h3-6,8H,7,14H2,1-2H3. The fraction of sp³-hybridized carbons (Fsp3) is 0.231. The molecule has 0 aliphatic rings. The summed E-state index contributed by atoms with van der Waals surface area (Å²) in [6.07, 6.45) is 1.72. The third kappa shape index (κ3) is 2.79. The van der Waals surface area contributed by atoms with Crippen molar-refractivity contribution in [3.05, 3.63) is 47.4 Å². The summed E-state index contributed by atoms with van der Waals surface area (Å²) in [6.45, 7) is 4.25. The Morgan fingerprint density at radius 2 is 2.12 bits per heavy atom. The molecular weight excluding hydrogens is 214 g/mol. The maximum atomic E-state index is 5.70. The van der Waals surface area contributed by atoms with Crippen molar-refractivity contribution in [2.75, 3.05) is 0 Å². The molecule has 2 N–H and O–H groups in total. The van der Waals surface area contributed by atoms with E-state index < -0.39 is 0 Å². The molecule has 0 aliphatic carbocycles. The zero-order valence-corrected chi connectivity index (χ0v) is 9.97. The number of aromatic nitrogens is 2. The first-order valence-corrected chi connectivity index (χ1v) is 5.46. The minimum Gasteiger partial charge on any atom is -0.437 e. The Hall–Kier alpha value is -1.94. The number of nitrogens with zero attached hydrogens (tertiary/aromatic N) is 2. The predicted octanol–water partition coefficient (Wildman–Crippen LogP) is 2.34. The van der Waals surface area contributed by atoms with Crippen molar-refractivity contribution in [2.45, 2.75) is 20.4 Å². The van der Waals surface area contributed by atoms with Crippen LogP contribution >= 0.6 is 0 Å². The SMILES string of the molecule is Cc1cnc(C)c(Oc2cccc(CN)c2)n1. The molecule has 0 aliphatic heterocycles. The molecule has 2 rings (SSSR count). The van der Waals surface area contributed by atoms with Crippen LogP contribution < -0.4 is 10.5 Å². The Kier molecular flexibility index (Phi) is 3.35. The maximum absolute atomic E-state index is 5.70. The summed E-state index contributed by atoms with van der Waals surface area (Å²) in [6, 6.07) is 7.66. The third-order valence-corrected chi connectivity index (χ3v) is 2.38. The first-order chi connectivity index (χ1) is 8.19. The zero-order valence-electron chi connectivity index (χ0n) is 9.97. The summed E-state index contributed by atoms with van der Waals surface area (Å²) in [7, 11) is 0. The average Bonchev–Trinajstić information content (AvgIpc) is 2.34. The monoisotopic (exact) mass is 229 g/mol. The van der Waals surface area contributed by atoms with E-state index in [-0.39, 0.29) is 0 Å². The summed E-state index contributed by atoms with van der Waals surface area (Å²) in [5.74, 6) is 1.27. The molecule has 0 saturated carbocycles. The summed E-state index contributed by atoms with van der Waals surface area (Å²) in [4.78, 5) is 8.51. The van der Waals surface area contributed by atoms with Gasteiger partial charge in [0, 0.05) is 12.7 Å². The molecule has 2 aromatic rings. The van der Waals surface area contributed by atoms with Crippen LogP contribution in [0.3, 0.4) is 0 Å². The molecule has 1 aromatic carbocycles. The van der Waals surface area contributed by atoms with Gasteiger partial charge in [0.15, 0.2) is 0 Å². The van der Waals surface area contributed by atoms with Crippen LogP contribution in [0.5, 0.6) is 11.6 Å². The van der Waals surface area contributed by atoms with Crippen molar-refractivity contribution < 1.29 is 4.74 Å². The molecule has 4 heteroatoms. The molecule has 1 aromatic heterocycles. The Labute approximate surface area is 100 Å². The lowest BCUT2D eigenvalue weighted by atomic mass is 10.2. The van der Waals surface area contributed by atoms with Gasteiger partial charge in [-0.25, -0.2) is 4.98 Å². The number of nitrogens with two attached hydrogens (primary N) is 1. The largest absolute Gasteiger partial charge is 0.437 e. The quantitative estimate of drug-likeness (QED) is 0.877. The maximum Gasteiger partial charge on any atom is 0.241 e. The first-order valence-electron chi connectivity index (χ1n) is 5.46. The molecule has 4 nitrogen and oxygen atoms in total. The zero-order chi connectivity index (χ0) is 12.3. The van der Waals surface area contributed by atoms with E-state index in [0.717, 1.165) is 22.7 Å². The van der Waals surface area contributed by atoms with Crippen molar-refractivity contribution in [3.8, 4) is 11.6 Å². The minimum atomic E-state index is 0.496. The van der Waals surface area contributed by atoms with Crippen LogP contribution in [-0.4, -0.2) is 9.97 Å². The number of hydrogen-bond donors (Lipinski definition) is 1. The van der Waals surface area contributed by atoms with Crippen molar-refractivity contribution in [2.24, 2.45) is 5.73 Å². The van der Waals surface area contributed by atoms with Gasteiger partial charge in [0.05, 0.1) is 11.4 Å². The van der Waals surface area contributed by atoms with E-state index in [1.54, 1.807) is 6.20 Å². The number of ether oxygens (including phenoxy) is 1. The van der Waals surface area contributed by atoms with Crippen molar-refractivity contribution in [1.82, 2.24) is 9.97 Å². The van der Waals surface area contributed by atoms with Gasteiger partial charge in [0.2, 0.25) is 5.88 Å². The van der Waals surface area contributed by atoms with Gasteiger partial charge in [-0.15, -0.1) is 0 Å². The van der Waals surface area contributed by atoms with E-state index in [9.17, 15) is 0 Å². The molecule has 0 amide bonds. The summed E-state index contributed by atoms with van der Waals surface area (Å²) in [5, 5.41) is 0. The molecular formula is C13H15N3O. The highest BCUT2D eigenvalue weighted by Gasteiger charge is 2.05. The third-order valence-electron chi connectivity index (χ3n) is 2.38. The molecule has 0 spiro atoms. The van der Waals surface area contributed by atoms with Gasteiger partial charge in [-0.3, -0.25) is 4.98 Å². The van der Waals surface area contributed by atoms with Gasteiger partial charge in [-0.2, -0.15) is 0 Å². The Morgan fingerprint density at radius 1 is 1.29 bits per heavy atom. The fourth-order valence-electron chi connectivity index (χ4n) is 1.46. The lowest BCUT2D eigenvalue weighted by molar-refractivity contribution is 0.453. The van der Waals surface area contributed by atoms with E-state index in [1.807, 2.05) is 38.1 Å². The number of benzene rings is 1. The van der Waals surface area contributed by atoms with Crippen molar-refractivity contribution in [1.29, 1.82) is 0 Å². The Balaban J connectivity index is 2.27. The smallest absolute Gasteiger partial charge is 0.241 e. The van der Waals surface area contributed by atoms with E-state index in [0.29, 0.717) is 12.4 Å². The van der Waals surface area contributed by atoms with Crippen molar-refractivity contribution >= 4 is 0 Å². The lowest BCUT2D eigenvalue weighted by Crippen LogP contribution is -1.98. The van der Waals surface area contributed by atoms with Crippen LogP contribution in [0.15, 0.2) is 30.5 Å². The second-order valence-corrected chi connectivity index (χ2v) is 3.86. The van der Waals surface area contributed by atoms with Crippen LogP contribution in [0.2, 0.25) is 0 Å². The summed E-state index contributed by atoms with van der Waals surface area (Å²) in [5.41, 5.74) is 8.22. The number of hydrogen-bond acceptors (Lipinski definition) is 4. The van der Waals surface area contributed by atoms with E-state index in [1.165, 1.54) is 0 Å². The number of aryl methyl sites for hydroxylation is 2. The predicted molar refractivity (Wildman–Crippen MR) is 65.9 cm³/mol. The molecule has 0 bridgehead atoms. The molecule has 0 unspecified atom stereocenters. The molecule has 0 radical (unpaired) electrons. The molecule has 1 heterocycles. The topological polar surface area (TPSA) is 61.0 Å². The highest BCUT2D eigenvalue weighted by molar-refractivity contribution is 5.32. The van der Waals surface area contributed by atoms with Gasteiger partial charge in [-0.05, 0) is 31.5 Å². The first kappa shape index (κ1) is 11.5. The minimum absolute atomic E-state index is 0.496. The molecule has 0 atom stereocenters. The van der Waals surface area contributed by atoms with Crippen LogP contribution in [0.1, 0.15) is 17.0 Å². The summed E-state index contributed by atoms with van der Waals surface area (Å²) < 4.78 is 5.70. The molecule has 0 saturated heterocycles. The second kappa shape index (κ2) is 4.93. The van der Waals surface area contributed by atoms with Gasteiger partial charge in [0.1, 0.15) is 5.75 Å². The van der Waals surface area contributed by atoms with Gasteiger partial charge >= 0.3 is 0 Å². The van der Waals surface area contributed by atoms with Crippen molar-refractivity contribution in [3.63, 3.8) is 0 Å². The fourth-order valence-corrected chi connectivity index (χ4v) is 1.46. The highest BCUT2D eigenvalue weighted by Crippen LogP contribution is 2.22. The van der Waals surface area contributed by atoms with E-state index >= 15 is 0 Å². The van der Waals surface area contributed by atoms with E-state index in [4.69, 9.17) is 10.5 Å². The molecule has 88 valence electrons. The lowest BCUT2D eigenvalue weighted by Gasteiger charge is -2.08. The Morgan fingerprint density at radius 3 is 2.88 bits per heavy atom. The Bertz CT molecular complexity index is 526. The van der Waals surface area contributed by atoms with E-state index in [2.05, 4.69) is 9.97 Å². The van der Waals surface area contributed by atoms with Crippen LogP contribution in [0.4, 0.5) is 0 Å². The molecule has 0 fully saturated rings. The van der Waals surface area contributed by atoms with Crippen LogP contribution in [0.25, 0.3) is 0 Å². The van der Waals surface area contributed by atoms with Gasteiger partial charge < -0.3 is 10.5 Å². The van der Waals surface area contributed by atoms with Gasteiger partial charge in [-0.1, -0.05) is 12.1 Å². The average molecular weight is 229 g/mol. The second-order valence-electron chi connectivity index (χ2n) is 3.86. The normalized spacial score (nSPS) is 10.3. The van der Waals surface area contributed by atoms with Crippen LogP contribution in [-0.2, 0) is 6.54 Å². The van der Waals surface area contributed by atoms with Gasteiger partial charge in [0.25, 0.3) is 0 Å². The van der Waals surface area contributed by atoms with Crippen LogP contribution in [0, 0.1) is 13.8 Å².